The van der Waals surface area contributed by atoms with Crippen molar-refractivity contribution in [1.82, 2.24) is 15.1 Å². The van der Waals surface area contributed by atoms with E-state index in [1.54, 1.807) is 0 Å². The number of urea groups is 1. The van der Waals surface area contributed by atoms with E-state index in [1.165, 1.54) is 0 Å². The molecule has 0 spiro atoms. The minimum absolute atomic E-state index is 0.0445. The molecule has 0 unspecified atom stereocenters. The summed E-state index contributed by atoms with van der Waals surface area (Å²) < 4.78 is 0. The SMILES string of the molecule is O=C1CCCN1CCCNC(=O)N1CCSCC1. The molecule has 0 aromatic carbocycles. The van der Waals surface area contributed by atoms with Crippen molar-refractivity contribution in [3.05, 3.63) is 0 Å². The van der Waals surface area contributed by atoms with E-state index in [0.29, 0.717) is 13.0 Å². The predicted octanol–water partition coefficient (Wildman–Crippen LogP) is 0.757. The van der Waals surface area contributed by atoms with Crippen molar-refractivity contribution >= 4 is 23.7 Å². The van der Waals surface area contributed by atoms with Gasteiger partial charge in [0.1, 0.15) is 0 Å². The first kappa shape index (κ1) is 13.5. The van der Waals surface area contributed by atoms with E-state index in [0.717, 1.165) is 50.5 Å². The third kappa shape index (κ3) is 3.80. The van der Waals surface area contributed by atoms with Crippen LogP contribution in [0.1, 0.15) is 19.3 Å². The Labute approximate surface area is 112 Å². The first-order chi connectivity index (χ1) is 8.77. The predicted molar refractivity (Wildman–Crippen MR) is 72.7 cm³/mol. The van der Waals surface area contributed by atoms with Crippen molar-refractivity contribution in [1.29, 1.82) is 0 Å². The zero-order chi connectivity index (χ0) is 12.8. The van der Waals surface area contributed by atoms with Crippen LogP contribution in [-0.4, -0.2) is 66.0 Å². The van der Waals surface area contributed by atoms with Crippen LogP contribution < -0.4 is 5.32 Å². The Morgan fingerprint density at radius 1 is 1.28 bits per heavy atom. The van der Waals surface area contributed by atoms with Crippen LogP contribution in [0.4, 0.5) is 4.79 Å². The Kier molecular flexibility index (Phi) is 5.16. The summed E-state index contributed by atoms with van der Waals surface area (Å²) in [6.07, 6.45) is 2.52. The van der Waals surface area contributed by atoms with Crippen LogP contribution in [0.15, 0.2) is 0 Å². The Bertz CT molecular complexity index is 306. The van der Waals surface area contributed by atoms with E-state index in [-0.39, 0.29) is 11.9 Å². The Balaban J connectivity index is 1.57. The summed E-state index contributed by atoms with van der Waals surface area (Å²) in [6, 6.07) is 0.0445. The maximum absolute atomic E-state index is 11.8. The van der Waals surface area contributed by atoms with Crippen LogP contribution in [-0.2, 0) is 4.79 Å². The average Bonchev–Trinajstić information content (AvgIpc) is 2.81. The van der Waals surface area contributed by atoms with Crippen molar-refractivity contribution in [3.8, 4) is 0 Å². The van der Waals surface area contributed by atoms with Crippen LogP contribution in [0.25, 0.3) is 0 Å². The normalized spacial score (nSPS) is 20.3. The molecule has 2 aliphatic heterocycles. The fourth-order valence-corrected chi connectivity index (χ4v) is 3.19. The summed E-state index contributed by atoms with van der Waals surface area (Å²) in [5.74, 6) is 2.33. The molecule has 0 aliphatic carbocycles. The van der Waals surface area contributed by atoms with Gasteiger partial charge in [0.15, 0.2) is 0 Å². The molecule has 0 bridgehead atoms. The van der Waals surface area contributed by atoms with E-state index < -0.39 is 0 Å². The van der Waals surface area contributed by atoms with Crippen molar-refractivity contribution in [3.63, 3.8) is 0 Å². The molecule has 2 fully saturated rings. The fourth-order valence-electron chi connectivity index (χ4n) is 2.28. The molecule has 0 radical (unpaired) electrons. The molecule has 0 aromatic rings. The number of nitrogens with zero attached hydrogens (tertiary/aromatic N) is 2. The Morgan fingerprint density at radius 2 is 2.06 bits per heavy atom. The van der Waals surface area contributed by atoms with E-state index >= 15 is 0 Å². The molecule has 2 saturated heterocycles. The number of hydrogen-bond acceptors (Lipinski definition) is 3. The summed E-state index contributed by atoms with van der Waals surface area (Å²) in [5.41, 5.74) is 0. The van der Waals surface area contributed by atoms with Crippen LogP contribution in [0, 0.1) is 0 Å². The first-order valence-electron chi connectivity index (χ1n) is 6.65. The first-order valence-corrected chi connectivity index (χ1v) is 7.81. The molecule has 0 aromatic heterocycles. The zero-order valence-corrected chi connectivity index (χ0v) is 11.5. The summed E-state index contributed by atoms with van der Waals surface area (Å²) in [6.45, 7) is 4.01. The van der Waals surface area contributed by atoms with Gasteiger partial charge in [0.2, 0.25) is 5.91 Å². The highest BCUT2D eigenvalue weighted by Crippen LogP contribution is 2.10. The second-order valence-electron chi connectivity index (χ2n) is 4.67. The number of carbonyl (C=O) groups is 2. The molecular formula is C12H21N3O2S. The highest BCUT2D eigenvalue weighted by atomic mass is 32.2. The van der Waals surface area contributed by atoms with Gasteiger partial charge in [0.25, 0.3) is 0 Å². The van der Waals surface area contributed by atoms with Gasteiger partial charge in [-0.3, -0.25) is 4.79 Å². The largest absolute Gasteiger partial charge is 0.343 e. The molecule has 0 atom stereocenters. The van der Waals surface area contributed by atoms with Crippen molar-refractivity contribution in [2.24, 2.45) is 0 Å². The number of likely N-dealkylation sites (tertiary alicyclic amines) is 1. The highest BCUT2D eigenvalue weighted by molar-refractivity contribution is 7.99. The van der Waals surface area contributed by atoms with Crippen LogP contribution in [0.2, 0.25) is 0 Å². The summed E-state index contributed by atoms with van der Waals surface area (Å²) in [7, 11) is 0. The van der Waals surface area contributed by atoms with Gasteiger partial charge in [-0.2, -0.15) is 11.8 Å². The van der Waals surface area contributed by atoms with Crippen LogP contribution in [0.3, 0.4) is 0 Å². The van der Waals surface area contributed by atoms with Gasteiger partial charge in [-0.15, -0.1) is 0 Å². The third-order valence-electron chi connectivity index (χ3n) is 3.35. The van der Waals surface area contributed by atoms with Gasteiger partial charge >= 0.3 is 6.03 Å². The van der Waals surface area contributed by atoms with Gasteiger partial charge in [0.05, 0.1) is 0 Å². The van der Waals surface area contributed by atoms with Crippen LogP contribution >= 0.6 is 11.8 Å². The van der Waals surface area contributed by atoms with Gasteiger partial charge in [-0.25, -0.2) is 4.79 Å². The molecule has 102 valence electrons. The topological polar surface area (TPSA) is 52.7 Å². The van der Waals surface area contributed by atoms with Gasteiger partial charge in [-0.05, 0) is 12.8 Å². The third-order valence-corrected chi connectivity index (χ3v) is 4.29. The second-order valence-corrected chi connectivity index (χ2v) is 5.89. The average molecular weight is 271 g/mol. The fraction of sp³-hybridized carbons (Fsp3) is 0.833. The number of nitrogens with one attached hydrogen (secondary N) is 1. The molecule has 6 heteroatoms. The van der Waals surface area contributed by atoms with E-state index in [2.05, 4.69) is 5.32 Å². The lowest BCUT2D eigenvalue weighted by molar-refractivity contribution is -0.127. The molecule has 0 saturated carbocycles. The monoisotopic (exact) mass is 271 g/mol. The molecule has 2 heterocycles. The molecule has 18 heavy (non-hydrogen) atoms. The molecule has 2 aliphatic rings. The highest BCUT2D eigenvalue weighted by Gasteiger charge is 2.19. The molecule has 2 rings (SSSR count). The Hall–Kier alpha value is -0.910. The minimum atomic E-state index is 0.0445. The lowest BCUT2D eigenvalue weighted by atomic mass is 10.4. The summed E-state index contributed by atoms with van der Waals surface area (Å²) >= 11 is 1.90. The van der Waals surface area contributed by atoms with Crippen molar-refractivity contribution in [2.75, 3.05) is 44.2 Å². The molecule has 5 nitrogen and oxygen atoms in total. The van der Waals surface area contributed by atoms with E-state index in [4.69, 9.17) is 0 Å². The maximum atomic E-state index is 11.8. The lowest BCUT2D eigenvalue weighted by Gasteiger charge is -2.26. The quantitative estimate of drug-likeness (QED) is 0.768. The summed E-state index contributed by atoms with van der Waals surface area (Å²) in [5, 5.41) is 2.93. The maximum Gasteiger partial charge on any atom is 0.317 e. The minimum Gasteiger partial charge on any atom is -0.343 e. The second kappa shape index (κ2) is 6.87. The Morgan fingerprint density at radius 3 is 2.72 bits per heavy atom. The molecular weight excluding hydrogens is 250 g/mol. The van der Waals surface area contributed by atoms with E-state index in [1.807, 2.05) is 21.6 Å². The van der Waals surface area contributed by atoms with Gasteiger partial charge in [-0.1, -0.05) is 0 Å². The number of hydrogen-bond donors (Lipinski definition) is 1. The number of thioether (sulfide) groups is 1. The van der Waals surface area contributed by atoms with Gasteiger partial charge < -0.3 is 15.1 Å². The van der Waals surface area contributed by atoms with Crippen LogP contribution in [0.5, 0.6) is 0 Å². The van der Waals surface area contributed by atoms with Crippen molar-refractivity contribution < 1.29 is 9.59 Å². The number of rotatable bonds is 4. The smallest absolute Gasteiger partial charge is 0.317 e. The number of carbonyl (C=O) groups excluding carboxylic acids is 2. The lowest BCUT2D eigenvalue weighted by Crippen LogP contribution is -2.45. The molecule has 3 amide bonds. The van der Waals surface area contributed by atoms with Gasteiger partial charge in [0, 0.05) is 50.7 Å². The van der Waals surface area contributed by atoms with Crippen molar-refractivity contribution in [2.45, 2.75) is 19.3 Å². The molecule has 1 N–H and O–H groups in total. The standard InChI is InChI=1S/C12H21N3O2S/c16-11-3-1-5-14(11)6-2-4-13-12(17)15-7-9-18-10-8-15/h1-10H2,(H,13,17). The zero-order valence-electron chi connectivity index (χ0n) is 10.7. The summed E-state index contributed by atoms with van der Waals surface area (Å²) in [4.78, 5) is 26.9. The van der Waals surface area contributed by atoms with E-state index in [9.17, 15) is 9.59 Å². The number of amides is 3.